The predicted octanol–water partition coefficient (Wildman–Crippen LogP) is 1.09. The molecule has 0 heterocycles. The van der Waals surface area contributed by atoms with Gasteiger partial charge in [-0.25, -0.2) is 0 Å². The second-order valence-corrected chi connectivity index (χ2v) is 2.52. The molecule has 0 aliphatic heterocycles. The maximum Gasteiger partial charge on any atom is 0.0839 e. The Morgan fingerprint density at radius 3 is 2.29 bits per heavy atom. The topological polar surface area (TPSA) is 20.2 Å². The van der Waals surface area contributed by atoms with E-state index >= 15 is 0 Å². The van der Waals surface area contributed by atoms with E-state index in [1.165, 1.54) is 5.57 Å². The molecule has 0 saturated carbocycles. The summed E-state index contributed by atoms with van der Waals surface area (Å²) in [7, 11) is 0. The third kappa shape index (κ3) is 0.829. The van der Waals surface area contributed by atoms with Crippen LogP contribution >= 0.6 is 0 Å². The monoisotopic (exact) mass is 98.1 g/mol. The van der Waals surface area contributed by atoms with Gasteiger partial charge in [-0.15, -0.1) is 0 Å². The van der Waals surface area contributed by atoms with Crippen molar-refractivity contribution in [2.45, 2.75) is 25.9 Å². The highest BCUT2D eigenvalue weighted by Gasteiger charge is 2.25. The zero-order valence-corrected chi connectivity index (χ0v) is 4.73. The van der Waals surface area contributed by atoms with E-state index in [0.717, 1.165) is 6.42 Å². The van der Waals surface area contributed by atoms with Crippen molar-refractivity contribution < 1.29 is 5.11 Å². The summed E-state index contributed by atoms with van der Waals surface area (Å²) in [5, 5.41) is 9.01. The van der Waals surface area contributed by atoms with Gasteiger partial charge in [0.25, 0.3) is 0 Å². The summed E-state index contributed by atoms with van der Waals surface area (Å²) in [6, 6.07) is 0. The van der Waals surface area contributed by atoms with Gasteiger partial charge in [0.1, 0.15) is 0 Å². The summed E-state index contributed by atoms with van der Waals surface area (Å²) in [5.74, 6) is 0. The highest BCUT2D eigenvalue weighted by Crippen LogP contribution is 2.28. The Morgan fingerprint density at radius 1 is 1.86 bits per heavy atom. The number of aliphatic hydroxyl groups is 1. The second-order valence-electron chi connectivity index (χ2n) is 2.52. The largest absolute Gasteiger partial charge is 0.386 e. The number of hydrogen-bond acceptors (Lipinski definition) is 1. The van der Waals surface area contributed by atoms with E-state index in [4.69, 9.17) is 5.11 Å². The van der Waals surface area contributed by atoms with Crippen LogP contribution in [0.1, 0.15) is 20.3 Å². The van der Waals surface area contributed by atoms with Crippen LogP contribution < -0.4 is 0 Å². The van der Waals surface area contributed by atoms with Gasteiger partial charge in [0.2, 0.25) is 0 Å². The molecule has 0 aromatic heterocycles. The van der Waals surface area contributed by atoms with Crippen molar-refractivity contribution in [2.24, 2.45) is 0 Å². The van der Waals surface area contributed by atoms with Crippen LogP contribution in [0.5, 0.6) is 0 Å². The van der Waals surface area contributed by atoms with E-state index < -0.39 is 5.60 Å². The lowest BCUT2D eigenvalue weighted by Gasteiger charge is -2.28. The van der Waals surface area contributed by atoms with E-state index in [1.807, 2.05) is 19.9 Å². The van der Waals surface area contributed by atoms with Crippen LogP contribution in [0.25, 0.3) is 0 Å². The second kappa shape index (κ2) is 1.10. The molecule has 0 spiro atoms. The summed E-state index contributed by atoms with van der Waals surface area (Å²) in [4.78, 5) is 0. The molecule has 40 valence electrons. The zero-order valence-electron chi connectivity index (χ0n) is 4.73. The average molecular weight is 98.1 g/mol. The summed E-state index contributed by atoms with van der Waals surface area (Å²) in [6.45, 7) is 3.85. The first-order chi connectivity index (χ1) is 3.10. The van der Waals surface area contributed by atoms with Crippen LogP contribution in [0.2, 0.25) is 0 Å². The fraction of sp³-hybridized carbons (Fsp3) is 0.667. The first-order valence-corrected chi connectivity index (χ1v) is 2.51. The van der Waals surface area contributed by atoms with Crippen molar-refractivity contribution in [3.05, 3.63) is 11.6 Å². The molecule has 1 atom stereocenters. The van der Waals surface area contributed by atoms with Crippen LogP contribution in [-0.4, -0.2) is 10.7 Å². The molecule has 0 bridgehead atoms. The molecule has 1 aliphatic carbocycles. The van der Waals surface area contributed by atoms with Crippen LogP contribution in [0.15, 0.2) is 11.6 Å². The minimum atomic E-state index is -0.468. The SMILES string of the molecule is CC1=CC(C)(O)C1. The Hall–Kier alpha value is -0.300. The molecular weight excluding hydrogens is 88.1 g/mol. The smallest absolute Gasteiger partial charge is 0.0839 e. The van der Waals surface area contributed by atoms with Crippen LogP contribution in [0.4, 0.5) is 0 Å². The van der Waals surface area contributed by atoms with Crippen molar-refractivity contribution in [1.82, 2.24) is 0 Å². The van der Waals surface area contributed by atoms with E-state index in [0.29, 0.717) is 0 Å². The van der Waals surface area contributed by atoms with Gasteiger partial charge < -0.3 is 5.11 Å². The maximum atomic E-state index is 9.01. The van der Waals surface area contributed by atoms with Gasteiger partial charge in [0, 0.05) is 6.42 Å². The van der Waals surface area contributed by atoms with Gasteiger partial charge in [0.15, 0.2) is 0 Å². The van der Waals surface area contributed by atoms with Gasteiger partial charge in [-0.2, -0.15) is 0 Å². The Kier molecular flexibility index (Phi) is 0.762. The molecule has 0 amide bonds. The molecule has 0 aromatic carbocycles. The molecule has 1 N–H and O–H groups in total. The molecule has 0 aromatic rings. The molecule has 7 heavy (non-hydrogen) atoms. The molecule has 0 saturated heterocycles. The van der Waals surface area contributed by atoms with E-state index in [9.17, 15) is 0 Å². The summed E-state index contributed by atoms with van der Waals surface area (Å²) in [5.41, 5.74) is 0.828. The Bertz CT molecular complexity index is 111. The number of rotatable bonds is 0. The summed E-state index contributed by atoms with van der Waals surface area (Å²) in [6.07, 6.45) is 2.74. The van der Waals surface area contributed by atoms with Crippen molar-refractivity contribution in [3.63, 3.8) is 0 Å². The molecule has 1 heteroatoms. The first kappa shape index (κ1) is 4.85. The van der Waals surface area contributed by atoms with Crippen LogP contribution in [0, 0.1) is 0 Å². The van der Waals surface area contributed by atoms with Crippen molar-refractivity contribution in [2.75, 3.05) is 0 Å². The minimum absolute atomic E-state index is 0.468. The van der Waals surface area contributed by atoms with Gasteiger partial charge >= 0.3 is 0 Å². The summed E-state index contributed by atoms with van der Waals surface area (Å²) >= 11 is 0. The zero-order chi connectivity index (χ0) is 5.49. The van der Waals surface area contributed by atoms with Crippen molar-refractivity contribution in [3.8, 4) is 0 Å². The lowest BCUT2D eigenvalue weighted by Crippen LogP contribution is -2.28. The molecule has 1 unspecified atom stereocenters. The molecule has 1 nitrogen and oxygen atoms in total. The summed E-state index contributed by atoms with van der Waals surface area (Å²) < 4.78 is 0. The van der Waals surface area contributed by atoms with Gasteiger partial charge in [-0.05, 0) is 13.8 Å². The highest BCUT2D eigenvalue weighted by molar-refractivity contribution is 5.21. The van der Waals surface area contributed by atoms with Crippen LogP contribution in [0.3, 0.4) is 0 Å². The molecule has 1 rings (SSSR count). The predicted molar refractivity (Wildman–Crippen MR) is 29.0 cm³/mol. The van der Waals surface area contributed by atoms with Gasteiger partial charge in [-0.1, -0.05) is 11.6 Å². The minimum Gasteiger partial charge on any atom is -0.386 e. The van der Waals surface area contributed by atoms with E-state index in [-0.39, 0.29) is 0 Å². The maximum absolute atomic E-state index is 9.01. The fourth-order valence-corrected chi connectivity index (χ4v) is 1.07. The van der Waals surface area contributed by atoms with E-state index in [2.05, 4.69) is 0 Å². The average Bonchev–Trinajstić information content (AvgIpc) is 1.27. The fourth-order valence-electron chi connectivity index (χ4n) is 1.07. The lowest BCUT2D eigenvalue weighted by atomic mass is 9.85. The standard InChI is InChI=1S/C6H10O/c1-5-3-6(2,7)4-5/h3,7H,4H2,1-2H3. The first-order valence-electron chi connectivity index (χ1n) is 2.51. The Morgan fingerprint density at radius 2 is 2.29 bits per heavy atom. The molecule has 0 radical (unpaired) electrons. The Labute approximate surface area is 43.7 Å². The van der Waals surface area contributed by atoms with Crippen LogP contribution in [-0.2, 0) is 0 Å². The third-order valence-corrected chi connectivity index (χ3v) is 1.19. The normalized spacial score (nSPS) is 39.6. The van der Waals surface area contributed by atoms with Gasteiger partial charge in [-0.3, -0.25) is 0 Å². The van der Waals surface area contributed by atoms with Crippen molar-refractivity contribution in [1.29, 1.82) is 0 Å². The van der Waals surface area contributed by atoms with Crippen molar-refractivity contribution >= 4 is 0 Å². The lowest BCUT2D eigenvalue weighted by molar-refractivity contribution is 0.0912. The quantitative estimate of drug-likeness (QED) is 0.449. The van der Waals surface area contributed by atoms with E-state index in [1.54, 1.807) is 0 Å². The molecular formula is C6H10O. The Balaban J connectivity index is 2.60. The highest BCUT2D eigenvalue weighted by atomic mass is 16.3. The molecule has 1 aliphatic rings. The van der Waals surface area contributed by atoms with Gasteiger partial charge in [0.05, 0.1) is 5.60 Å². The molecule has 0 fully saturated rings. The third-order valence-electron chi connectivity index (χ3n) is 1.19. The number of hydrogen-bond donors (Lipinski definition) is 1.